The number of fused-ring (bicyclic) bond motifs is 2. The van der Waals surface area contributed by atoms with E-state index in [0.29, 0.717) is 0 Å². The van der Waals surface area contributed by atoms with Gasteiger partial charge in [-0.3, -0.25) is 13.9 Å². The number of hydrogen-bond acceptors (Lipinski definition) is 13. The maximum Gasteiger partial charge on any atom is 0.278 e. The first-order valence-electron chi connectivity index (χ1n) is 11.8. The molecule has 0 amide bonds. The third-order valence-corrected chi connectivity index (χ3v) is 9.72. The molecule has 2 aliphatic heterocycles. The number of aliphatic hydroxyl groups excluding tert-OH is 2. The molecule has 2 saturated heterocycles. The number of anilines is 1. The number of halogens is 2. The second kappa shape index (κ2) is 10.1. The Morgan fingerprint density at radius 3 is 2.48 bits per heavy atom. The van der Waals surface area contributed by atoms with Gasteiger partial charge in [0, 0.05) is 0 Å². The van der Waals surface area contributed by atoms with Gasteiger partial charge in [-0.25, -0.2) is 33.7 Å². The first kappa shape index (κ1) is 27.2. The van der Waals surface area contributed by atoms with Crippen molar-refractivity contribution >= 4 is 46.4 Å². The second-order valence-corrected chi connectivity index (χ2v) is 12.7. The fraction of sp³-hybridized carbons (Fsp3) is 0.500. The van der Waals surface area contributed by atoms with Crippen LogP contribution in [-0.4, -0.2) is 104 Å². The largest absolute Gasteiger partial charge is 0.394 e. The number of aromatic amines is 1. The first-order chi connectivity index (χ1) is 19.1. The second-order valence-electron chi connectivity index (χ2n) is 9.18. The first-order valence-corrected chi connectivity index (χ1v) is 14.5. The van der Waals surface area contributed by atoms with Crippen molar-refractivity contribution in [2.24, 2.45) is 0 Å². The number of imidazole rings is 2. The minimum absolute atomic E-state index is 0.0224. The minimum Gasteiger partial charge on any atom is -0.394 e. The quantitative estimate of drug-likeness (QED) is 0.161. The van der Waals surface area contributed by atoms with E-state index in [4.69, 9.17) is 31.5 Å². The smallest absolute Gasteiger partial charge is 0.278 e. The zero-order valence-corrected chi connectivity index (χ0v) is 21.8. The lowest BCUT2D eigenvalue weighted by Crippen LogP contribution is -2.34. The summed E-state index contributed by atoms with van der Waals surface area (Å²) >= 11 is 5.31. The summed E-state index contributed by atoms with van der Waals surface area (Å²) in [5.41, 5.74) is 4.00. The van der Waals surface area contributed by atoms with Crippen molar-refractivity contribution in [1.82, 2.24) is 39.0 Å². The lowest BCUT2D eigenvalue weighted by Gasteiger charge is -2.29. The molecule has 2 aliphatic rings. The van der Waals surface area contributed by atoms with Gasteiger partial charge in [0.05, 0.1) is 32.2 Å². The average molecular weight is 601 g/mol. The molecule has 0 saturated carbocycles. The van der Waals surface area contributed by atoms with E-state index in [1.54, 1.807) is 0 Å². The Morgan fingerprint density at radius 1 is 1.05 bits per heavy atom. The van der Waals surface area contributed by atoms with Crippen molar-refractivity contribution in [1.29, 1.82) is 0 Å². The number of alkyl halides is 2. The predicted octanol–water partition coefficient (Wildman–Crippen LogP) is -0.947. The molecule has 4 aromatic rings. The number of nitrogen functional groups attached to an aromatic ring is 1. The SMILES string of the molecule is Nc1ncnc2c1ncn2[C@@H]1O[C@H](COP(O)(=S)[C@@H]2[C@@H](F)[C@@H](CO)O[C@H]2n2cnc3c(=O)[nH]cnc32)[C@@H](O)[C@@H]1F. The molecule has 9 atom stereocenters. The molecule has 20 heteroatoms. The van der Waals surface area contributed by atoms with Gasteiger partial charge in [0.25, 0.3) is 5.56 Å². The van der Waals surface area contributed by atoms with Gasteiger partial charge >= 0.3 is 0 Å². The van der Waals surface area contributed by atoms with E-state index in [1.165, 1.54) is 28.1 Å². The molecular weight excluding hydrogens is 579 g/mol. The summed E-state index contributed by atoms with van der Waals surface area (Å²) in [5.74, 6) is 0.0688. The van der Waals surface area contributed by atoms with Crippen LogP contribution < -0.4 is 11.3 Å². The number of hydrogen-bond donors (Lipinski definition) is 5. The number of ether oxygens (including phenoxy) is 2. The lowest BCUT2D eigenvalue weighted by molar-refractivity contribution is -0.0425. The third kappa shape index (κ3) is 4.29. The number of rotatable bonds is 7. The van der Waals surface area contributed by atoms with Crippen LogP contribution in [0.3, 0.4) is 0 Å². The van der Waals surface area contributed by atoms with Crippen LogP contribution in [0.5, 0.6) is 0 Å². The van der Waals surface area contributed by atoms with Crippen LogP contribution in [0, 0.1) is 0 Å². The van der Waals surface area contributed by atoms with Crippen molar-refractivity contribution in [2.75, 3.05) is 18.9 Å². The summed E-state index contributed by atoms with van der Waals surface area (Å²) in [6.07, 6.45) is -6.45. The normalized spacial score (nSPS) is 32.2. The van der Waals surface area contributed by atoms with E-state index < -0.39 is 74.0 Å². The van der Waals surface area contributed by atoms with Crippen LogP contribution in [0.2, 0.25) is 0 Å². The van der Waals surface area contributed by atoms with Crippen LogP contribution in [-0.2, 0) is 25.8 Å². The van der Waals surface area contributed by atoms with Gasteiger partial charge in [0.15, 0.2) is 47.7 Å². The van der Waals surface area contributed by atoms with Crippen LogP contribution in [0.25, 0.3) is 22.3 Å². The topological polar surface area (TPSA) is 222 Å². The van der Waals surface area contributed by atoms with Crippen molar-refractivity contribution in [3.63, 3.8) is 0 Å². The van der Waals surface area contributed by atoms with Crippen LogP contribution in [0.1, 0.15) is 12.5 Å². The number of aromatic nitrogens is 8. The lowest BCUT2D eigenvalue weighted by atomic mass is 10.1. The van der Waals surface area contributed by atoms with E-state index in [2.05, 4.69) is 29.9 Å². The molecule has 2 fully saturated rings. The summed E-state index contributed by atoms with van der Waals surface area (Å²) in [7, 11) is 0. The van der Waals surface area contributed by atoms with Crippen LogP contribution >= 0.6 is 6.49 Å². The predicted molar refractivity (Wildman–Crippen MR) is 135 cm³/mol. The van der Waals surface area contributed by atoms with E-state index >= 15 is 8.78 Å². The Bertz CT molecular complexity index is 1670. The molecule has 16 nitrogen and oxygen atoms in total. The molecular formula is C20H22F2N9O7PS. The van der Waals surface area contributed by atoms with Gasteiger partial charge in [0.1, 0.15) is 42.0 Å². The highest BCUT2D eigenvalue weighted by Crippen LogP contribution is 2.58. The highest BCUT2D eigenvalue weighted by atomic mass is 32.5. The Morgan fingerprint density at radius 2 is 1.73 bits per heavy atom. The van der Waals surface area contributed by atoms with Gasteiger partial charge in [-0.05, 0) is 11.8 Å². The molecule has 6 N–H and O–H groups in total. The summed E-state index contributed by atoms with van der Waals surface area (Å²) < 4.78 is 49.9. The van der Waals surface area contributed by atoms with Gasteiger partial charge < -0.3 is 39.8 Å². The molecule has 6 rings (SSSR count). The van der Waals surface area contributed by atoms with Gasteiger partial charge in [-0.2, -0.15) is 0 Å². The minimum atomic E-state index is -4.17. The van der Waals surface area contributed by atoms with Crippen molar-refractivity contribution < 1.29 is 37.9 Å². The van der Waals surface area contributed by atoms with Crippen molar-refractivity contribution in [3.05, 3.63) is 35.7 Å². The molecule has 0 spiro atoms. The number of nitrogens with zero attached hydrogens (tertiary/aromatic N) is 7. The summed E-state index contributed by atoms with van der Waals surface area (Å²) in [5, 5.41) is 20.2. The Balaban J connectivity index is 1.24. The summed E-state index contributed by atoms with van der Waals surface area (Å²) in [6.45, 7) is -5.52. The zero-order valence-electron chi connectivity index (χ0n) is 20.1. The zero-order chi connectivity index (χ0) is 28.3. The molecule has 1 unspecified atom stereocenters. The molecule has 0 bridgehead atoms. The Kier molecular flexibility index (Phi) is 6.86. The average Bonchev–Trinajstić information content (AvgIpc) is 3.68. The number of aliphatic hydroxyl groups is 2. The number of H-pyrrole nitrogens is 1. The highest BCUT2D eigenvalue weighted by Gasteiger charge is 2.54. The molecule has 4 aromatic heterocycles. The van der Waals surface area contributed by atoms with Crippen LogP contribution in [0.15, 0.2) is 30.1 Å². The van der Waals surface area contributed by atoms with Crippen LogP contribution in [0.4, 0.5) is 14.6 Å². The molecule has 0 radical (unpaired) electrons. The standard InChI is InChI=1S/C20H22F2N9O7PS/c21-9-7(1-32)37-20(31-6-29-12-17(31)26-4-27-18(12)34)14(9)39(35,40)36-2-8-13(33)10(22)19(38-8)30-5-28-11-15(23)24-3-25-16(11)30/h3-10,13-14,19-20,32-33H,1-2H2,(H,35,40)(H2,23,24,25)(H,26,27,34)/t7-,8-,9+,10+,13-,14-,19-,20-,39?/m1/s1. The maximum atomic E-state index is 15.5. The molecule has 6 heterocycles. The summed E-state index contributed by atoms with van der Waals surface area (Å²) in [6, 6.07) is 0. The molecule has 0 aliphatic carbocycles. The fourth-order valence-electron chi connectivity index (χ4n) is 4.86. The maximum absolute atomic E-state index is 15.5. The number of nitrogens with two attached hydrogens (primary N) is 1. The monoisotopic (exact) mass is 601 g/mol. The van der Waals surface area contributed by atoms with Crippen molar-refractivity contribution in [3.8, 4) is 0 Å². The molecule has 0 aromatic carbocycles. The summed E-state index contributed by atoms with van der Waals surface area (Å²) in [4.78, 5) is 45.6. The van der Waals surface area contributed by atoms with Gasteiger partial charge in [0.2, 0.25) is 0 Å². The number of nitrogens with one attached hydrogen (secondary N) is 1. The van der Waals surface area contributed by atoms with E-state index in [0.717, 1.165) is 6.33 Å². The fourth-order valence-corrected chi connectivity index (χ4v) is 7.33. The Hall–Kier alpha value is -3.03. The molecule has 214 valence electrons. The van der Waals surface area contributed by atoms with Gasteiger partial charge in [-0.1, -0.05) is 0 Å². The van der Waals surface area contributed by atoms with E-state index in [9.17, 15) is 19.9 Å². The highest BCUT2D eigenvalue weighted by molar-refractivity contribution is 8.09. The molecule has 40 heavy (non-hydrogen) atoms. The third-order valence-electron chi connectivity index (χ3n) is 6.86. The Labute approximate surface area is 226 Å². The van der Waals surface area contributed by atoms with Gasteiger partial charge in [-0.15, -0.1) is 0 Å². The van der Waals surface area contributed by atoms with E-state index in [-0.39, 0.29) is 28.1 Å². The van der Waals surface area contributed by atoms with Crippen molar-refractivity contribution in [2.45, 2.75) is 48.8 Å². The van der Waals surface area contributed by atoms with E-state index in [1.807, 2.05) is 0 Å².